The summed E-state index contributed by atoms with van der Waals surface area (Å²) in [6.07, 6.45) is 8.45. The minimum atomic E-state index is -0.790. The number of nitrogens with zero attached hydrogens (tertiary/aromatic N) is 4. The topological polar surface area (TPSA) is 141 Å². The van der Waals surface area contributed by atoms with Crippen LogP contribution in [0.25, 0.3) is 11.3 Å². The van der Waals surface area contributed by atoms with E-state index in [9.17, 15) is 9.59 Å². The number of hydrogen-bond donors (Lipinski definition) is 3. The number of primary amides is 1. The number of carbonyl (C=O) groups is 2. The largest absolute Gasteiger partial charge is 0.478 e. The molecule has 0 fully saturated rings. The smallest absolute Gasteiger partial charge is 0.240 e. The minimum Gasteiger partial charge on any atom is -0.478 e. The summed E-state index contributed by atoms with van der Waals surface area (Å²) < 4.78 is 7.69. The molecule has 0 aromatic carbocycles. The van der Waals surface area contributed by atoms with Gasteiger partial charge in [-0.15, -0.1) is 0 Å². The van der Waals surface area contributed by atoms with Crippen molar-refractivity contribution in [2.75, 3.05) is 6.61 Å². The second kappa shape index (κ2) is 10.9. The fraction of sp³-hybridized carbons (Fsp3) is 0.381. The summed E-state index contributed by atoms with van der Waals surface area (Å²) in [5.41, 5.74) is 7.83. The lowest BCUT2D eigenvalue weighted by molar-refractivity contribution is -0.127. The Labute approximate surface area is 180 Å². The fourth-order valence-corrected chi connectivity index (χ4v) is 3.06. The van der Waals surface area contributed by atoms with Crippen LogP contribution in [0, 0.1) is 0 Å². The van der Waals surface area contributed by atoms with Crippen LogP contribution in [-0.4, -0.2) is 49.2 Å². The number of nitrogens with one attached hydrogen (secondary N) is 2. The number of H-pyrrole nitrogens is 1. The highest BCUT2D eigenvalue weighted by atomic mass is 16.5. The second-order valence-electron chi connectivity index (χ2n) is 7.09. The van der Waals surface area contributed by atoms with E-state index in [-0.39, 0.29) is 18.7 Å². The molecule has 0 radical (unpaired) electrons. The number of hydrogen-bond acceptors (Lipinski definition) is 6. The average molecular weight is 425 g/mol. The number of ether oxygens (including phenoxy) is 1. The Morgan fingerprint density at radius 3 is 2.87 bits per heavy atom. The maximum atomic E-state index is 12.2. The highest BCUT2D eigenvalue weighted by Gasteiger charge is 2.19. The summed E-state index contributed by atoms with van der Waals surface area (Å²) >= 11 is 0. The molecule has 10 heteroatoms. The van der Waals surface area contributed by atoms with Gasteiger partial charge >= 0.3 is 0 Å². The lowest BCUT2D eigenvalue weighted by atomic mass is 10.1. The summed E-state index contributed by atoms with van der Waals surface area (Å²) in [4.78, 5) is 34.8. The molecule has 3 rings (SSSR count). The Kier molecular flexibility index (Phi) is 7.74. The van der Waals surface area contributed by atoms with E-state index in [0.717, 1.165) is 29.9 Å². The Bertz CT molecular complexity index is 970. The van der Waals surface area contributed by atoms with Crippen molar-refractivity contribution in [3.63, 3.8) is 0 Å². The van der Waals surface area contributed by atoms with Crippen LogP contribution in [0.15, 0.2) is 43.1 Å². The van der Waals surface area contributed by atoms with Crippen molar-refractivity contribution in [3.8, 4) is 17.1 Å². The van der Waals surface area contributed by atoms with Crippen molar-refractivity contribution in [3.05, 3.63) is 48.8 Å². The zero-order chi connectivity index (χ0) is 22.1. The molecule has 3 heterocycles. The quantitative estimate of drug-likeness (QED) is 0.375. The first-order valence-electron chi connectivity index (χ1n) is 10.2. The van der Waals surface area contributed by atoms with E-state index >= 15 is 0 Å². The number of pyridine rings is 1. The van der Waals surface area contributed by atoms with Gasteiger partial charge in [-0.1, -0.05) is 6.92 Å². The molecule has 0 spiro atoms. The predicted octanol–water partition coefficient (Wildman–Crippen LogP) is 1.45. The molecule has 0 saturated heterocycles. The second-order valence-corrected chi connectivity index (χ2v) is 7.09. The van der Waals surface area contributed by atoms with Gasteiger partial charge in [0, 0.05) is 55.3 Å². The van der Waals surface area contributed by atoms with Crippen LogP contribution >= 0.6 is 0 Å². The fourth-order valence-electron chi connectivity index (χ4n) is 3.06. The van der Waals surface area contributed by atoms with Crippen molar-refractivity contribution in [2.24, 2.45) is 5.73 Å². The zero-order valence-corrected chi connectivity index (χ0v) is 17.5. The van der Waals surface area contributed by atoms with Gasteiger partial charge in [-0.3, -0.25) is 14.6 Å². The molecule has 164 valence electrons. The van der Waals surface area contributed by atoms with E-state index < -0.39 is 11.9 Å². The van der Waals surface area contributed by atoms with E-state index in [0.29, 0.717) is 18.9 Å². The van der Waals surface area contributed by atoms with Gasteiger partial charge in [-0.2, -0.15) is 5.10 Å². The van der Waals surface area contributed by atoms with Crippen LogP contribution in [-0.2, 0) is 22.6 Å². The number of aromatic nitrogens is 5. The average Bonchev–Trinajstić information content (AvgIpc) is 3.42. The number of imidazole rings is 1. The van der Waals surface area contributed by atoms with Crippen LogP contribution in [0.5, 0.6) is 5.88 Å². The van der Waals surface area contributed by atoms with Crippen LogP contribution in [0.3, 0.4) is 0 Å². The van der Waals surface area contributed by atoms with Gasteiger partial charge in [0.1, 0.15) is 6.04 Å². The third-order valence-corrected chi connectivity index (χ3v) is 4.59. The van der Waals surface area contributed by atoms with Gasteiger partial charge in [0.2, 0.25) is 17.7 Å². The van der Waals surface area contributed by atoms with Crippen LogP contribution < -0.4 is 15.8 Å². The van der Waals surface area contributed by atoms with Crippen LogP contribution in [0.1, 0.15) is 31.9 Å². The van der Waals surface area contributed by atoms with E-state index in [1.54, 1.807) is 18.6 Å². The van der Waals surface area contributed by atoms with Gasteiger partial charge in [0.05, 0.1) is 18.6 Å². The number of aryl methyl sites for hydroxylation is 1. The first-order valence-corrected chi connectivity index (χ1v) is 10.2. The number of amides is 2. The molecular formula is C21H27N7O3. The Morgan fingerprint density at radius 1 is 1.32 bits per heavy atom. The van der Waals surface area contributed by atoms with Gasteiger partial charge in [0.15, 0.2) is 0 Å². The van der Waals surface area contributed by atoms with Crippen LogP contribution in [0.2, 0.25) is 0 Å². The lowest BCUT2D eigenvalue weighted by Crippen LogP contribution is -2.45. The molecule has 0 saturated carbocycles. The van der Waals surface area contributed by atoms with Gasteiger partial charge in [-0.25, -0.2) is 9.67 Å². The monoisotopic (exact) mass is 425 g/mol. The molecule has 1 atom stereocenters. The molecule has 0 aliphatic carbocycles. The van der Waals surface area contributed by atoms with Crippen molar-refractivity contribution in [2.45, 2.75) is 45.2 Å². The Morgan fingerprint density at radius 2 is 2.19 bits per heavy atom. The molecule has 0 bridgehead atoms. The van der Waals surface area contributed by atoms with Gasteiger partial charge in [-0.05, 0) is 25.0 Å². The van der Waals surface area contributed by atoms with Crippen molar-refractivity contribution >= 4 is 11.8 Å². The lowest BCUT2D eigenvalue weighted by Gasteiger charge is -2.14. The number of aromatic amines is 1. The molecule has 10 nitrogen and oxygen atoms in total. The molecule has 4 N–H and O–H groups in total. The summed E-state index contributed by atoms with van der Waals surface area (Å²) in [5.74, 6) is -0.203. The number of rotatable bonds is 12. The highest BCUT2D eigenvalue weighted by molar-refractivity contribution is 5.86. The minimum absolute atomic E-state index is 0.212. The number of carbonyl (C=O) groups excluding carboxylic acids is 2. The van der Waals surface area contributed by atoms with Crippen LogP contribution in [0.4, 0.5) is 0 Å². The first-order chi connectivity index (χ1) is 15.1. The summed E-state index contributed by atoms with van der Waals surface area (Å²) in [6, 6.07) is 4.89. The molecular weight excluding hydrogens is 398 g/mol. The van der Waals surface area contributed by atoms with Gasteiger partial charge < -0.3 is 20.8 Å². The van der Waals surface area contributed by atoms with Crippen molar-refractivity contribution in [1.29, 1.82) is 0 Å². The summed E-state index contributed by atoms with van der Waals surface area (Å²) in [5, 5.41) is 7.26. The third-order valence-electron chi connectivity index (χ3n) is 4.59. The summed E-state index contributed by atoms with van der Waals surface area (Å²) in [6.45, 7) is 3.14. The van der Waals surface area contributed by atoms with E-state index in [4.69, 9.17) is 10.5 Å². The molecule has 0 unspecified atom stereocenters. The Balaban J connectivity index is 1.50. The predicted molar refractivity (Wildman–Crippen MR) is 114 cm³/mol. The molecule has 3 aromatic heterocycles. The van der Waals surface area contributed by atoms with Crippen molar-refractivity contribution in [1.82, 2.24) is 30.0 Å². The highest BCUT2D eigenvalue weighted by Crippen LogP contribution is 2.23. The van der Waals surface area contributed by atoms with E-state index in [1.807, 2.05) is 22.9 Å². The summed E-state index contributed by atoms with van der Waals surface area (Å²) in [7, 11) is 0. The molecule has 0 aliphatic heterocycles. The first kappa shape index (κ1) is 22.0. The number of nitrogens with two attached hydrogens (primary N) is 1. The normalized spacial score (nSPS) is 11.8. The van der Waals surface area contributed by atoms with E-state index in [1.165, 1.54) is 6.33 Å². The Hall–Kier alpha value is -3.69. The molecule has 31 heavy (non-hydrogen) atoms. The molecule has 3 aromatic rings. The molecule has 0 aliphatic rings. The van der Waals surface area contributed by atoms with Gasteiger partial charge in [0.25, 0.3) is 0 Å². The maximum Gasteiger partial charge on any atom is 0.240 e. The SMILES string of the molecule is CCCn1nc(-c2cccnc2)cc1OCCCC(=O)N[C@@H](Cc1cnc[nH]1)C(N)=O. The standard InChI is InChI=1S/C21H27N7O3/c1-2-8-28-20(11-17(27-28)15-5-3-7-23-12-15)31-9-4-6-19(29)26-18(21(22)30)10-16-13-24-14-25-16/h3,5,7,11-14,18H,2,4,6,8-10H2,1H3,(H2,22,30)(H,24,25)(H,26,29)/t18-/m0/s1. The zero-order valence-electron chi connectivity index (χ0n) is 17.5. The third kappa shape index (κ3) is 6.39. The van der Waals surface area contributed by atoms with Crippen molar-refractivity contribution < 1.29 is 14.3 Å². The maximum absolute atomic E-state index is 12.2. The van der Waals surface area contributed by atoms with E-state index in [2.05, 4.69) is 32.3 Å². The molecule has 2 amide bonds.